The Bertz CT molecular complexity index is 661. The molecule has 22 heavy (non-hydrogen) atoms. The minimum Gasteiger partial charge on any atom is -0.490 e. The van der Waals surface area contributed by atoms with Gasteiger partial charge in [0.25, 0.3) is 0 Å². The highest BCUT2D eigenvalue weighted by molar-refractivity contribution is 9.10. The molecule has 0 saturated carbocycles. The van der Waals surface area contributed by atoms with Crippen LogP contribution in [-0.4, -0.2) is 25.7 Å². The normalized spacial score (nSPS) is 10.6. The zero-order valence-electron chi connectivity index (χ0n) is 12.3. The van der Waals surface area contributed by atoms with E-state index in [-0.39, 0.29) is 11.3 Å². The van der Waals surface area contributed by atoms with Crippen molar-refractivity contribution in [3.05, 3.63) is 27.7 Å². The molecule has 1 rings (SSSR count). The van der Waals surface area contributed by atoms with Gasteiger partial charge in [-0.05, 0) is 30.7 Å². The van der Waals surface area contributed by atoms with Crippen molar-refractivity contribution in [1.29, 1.82) is 5.26 Å². The first-order valence-corrected chi connectivity index (χ1v) is 7.07. The van der Waals surface area contributed by atoms with E-state index in [4.69, 9.17) is 14.7 Å². The van der Waals surface area contributed by atoms with Crippen LogP contribution in [0.25, 0.3) is 6.08 Å². The van der Waals surface area contributed by atoms with Gasteiger partial charge in [-0.3, -0.25) is 4.79 Å². The molecular weight excluding hydrogens is 354 g/mol. The van der Waals surface area contributed by atoms with Crippen LogP contribution in [0.4, 0.5) is 0 Å². The maximum atomic E-state index is 11.5. The van der Waals surface area contributed by atoms with Gasteiger partial charge in [0.2, 0.25) is 0 Å². The van der Waals surface area contributed by atoms with Gasteiger partial charge in [-0.1, -0.05) is 15.9 Å². The lowest BCUT2D eigenvalue weighted by molar-refractivity contribution is -0.135. The van der Waals surface area contributed by atoms with Gasteiger partial charge in [-0.25, -0.2) is 4.79 Å². The smallest absolute Gasteiger partial charge is 0.348 e. The van der Waals surface area contributed by atoms with Crippen LogP contribution in [0.3, 0.4) is 0 Å². The highest BCUT2D eigenvalue weighted by atomic mass is 79.9. The minimum atomic E-state index is -0.739. The lowest BCUT2D eigenvalue weighted by Gasteiger charge is -2.12. The molecule has 0 fully saturated rings. The van der Waals surface area contributed by atoms with Crippen molar-refractivity contribution in [1.82, 2.24) is 0 Å². The summed E-state index contributed by atoms with van der Waals surface area (Å²) in [6.07, 6.45) is 1.36. The zero-order chi connectivity index (χ0) is 16.7. The average Bonchev–Trinajstić information content (AvgIpc) is 2.47. The number of ether oxygens (including phenoxy) is 3. The predicted octanol–water partition coefficient (Wildman–Crippen LogP) is 2.85. The number of nitrogens with zero attached hydrogens (tertiary/aromatic N) is 1. The van der Waals surface area contributed by atoms with Crippen molar-refractivity contribution < 1.29 is 23.8 Å². The number of benzene rings is 1. The van der Waals surface area contributed by atoms with E-state index in [2.05, 4.69) is 20.7 Å². The van der Waals surface area contributed by atoms with Crippen LogP contribution in [0.1, 0.15) is 19.4 Å². The number of nitriles is 1. The number of hydrogen-bond donors (Lipinski definition) is 0. The molecule has 0 saturated heterocycles. The van der Waals surface area contributed by atoms with Crippen molar-refractivity contribution in [2.75, 3.05) is 13.7 Å². The Labute approximate surface area is 136 Å². The SMILES string of the molecule is CCOc1cc(/C=C(\C#N)C(=O)OC)c(Br)cc1OC(C)=O. The summed E-state index contributed by atoms with van der Waals surface area (Å²) in [6, 6.07) is 4.86. The molecule has 7 heteroatoms. The molecule has 0 bridgehead atoms. The summed E-state index contributed by atoms with van der Waals surface area (Å²) in [5, 5.41) is 8.99. The Morgan fingerprint density at radius 3 is 2.55 bits per heavy atom. The highest BCUT2D eigenvalue weighted by Crippen LogP contribution is 2.35. The quantitative estimate of drug-likeness (QED) is 0.344. The standard InChI is InChI=1S/C15H14BrNO5/c1-4-21-13-6-10(5-11(8-17)15(19)20-3)12(16)7-14(13)22-9(2)18/h5-7H,4H2,1-3H3/b11-5+. The molecule has 0 aromatic heterocycles. The Kier molecular flexibility index (Phi) is 6.60. The van der Waals surface area contributed by atoms with E-state index >= 15 is 0 Å². The number of halogens is 1. The number of methoxy groups -OCH3 is 1. The second kappa shape index (κ2) is 8.20. The van der Waals surface area contributed by atoms with Gasteiger partial charge in [0.15, 0.2) is 11.5 Å². The highest BCUT2D eigenvalue weighted by Gasteiger charge is 2.14. The molecule has 0 amide bonds. The summed E-state index contributed by atoms with van der Waals surface area (Å²) in [4.78, 5) is 22.6. The minimum absolute atomic E-state index is 0.161. The molecular formula is C15H14BrNO5. The molecule has 0 heterocycles. The lowest BCUT2D eigenvalue weighted by Crippen LogP contribution is -2.05. The number of hydrogen-bond acceptors (Lipinski definition) is 6. The van der Waals surface area contributed by atoms with E-state index in [9.17, 15) is 9.59 Å². The number of carbonyl (C=O) groups excluding carboxylic acids is 2. The van der Waals surface area contributed by atoms with Gasteiger partial charge < -0.3 is 14.2 Å². The van der Waals surface area contributed by atoms with Crippen LogP contribution < -0.4 is 9.47 Å². The zero-order valence-corrected chi connectivity index (χ0v) is 13.9. The molecule has 0 aliphatic rings. The topological polar surface area (TPSA) is 85.6 Å². The van der Waals surface area contributed by atoms with Crippen LogP contribution in [0.15, 0.2) is 22.2 Å². The van der Waals surface area contributed by atoms with E-state index in [1.54, 1.807) is 19.1 Å². The Hall–Kier alpha value is -2.33. The fraction of sp³-hybridized carbons (Fsp3) is 0.267. The monoisotopic (exact) mass is 367 g/mol. The van der Waals surface area contributed by atoms with E-state index in [0.717, 1.165) is 0 Å². The van der Waals surface area contributed by atoms with Crippen LogP contribution in [0.2, 0.25) is 0 Å². The molecule has 0 unspecified atom stereocenters. The van der Waals surface area contributed by atoms with Gasteiger partial charge in [0.05, 0.1) is 13.7 Å². The molecule has 0 aliphatic heterocycles. The van der Waals surface area contributed by atoms with Gasteiger partial charge >= 0.3 is 11.9 Å². The van der Waals surface area contributed by atoms with Gasteiger partial charge in [0, 0.05) is 11.4 Å². The summed E-state index contributed by atoms with van der Waals surface area (Å²) < 4.78 is 15.5. The molecule has 116 valence electrons. The number of esters is 2. The molecule has 1 aromatic rings. The molecule has 0 aliphatic carbocycles. The molecule has 1 aromatic carbocycles. The maximum Gasteiger partial charge on any atom is 0.348 e. The summed E-state index contributed by atoms with van der Waals surface area (Å²) in [7, 11) is 1.19. The van der Waals surface area contributed by atoms with Crippen molar-refractivity contribution in [2.45, 2.75) is 13.8 Å². The van der Waals surface area contributed by atoms with Crippen molar-refractivity contribution in [2.24, 2.45) is 0 Å². The van der Waals surface area contributed by atoms with Crippen LogP contribution in [-0.2, 0) is 14.3 Å². The van der Waals surface area contributed by atoms with E-state index in [1.807, 2.05) is 0 Å². The lowest BCUT2D eigenvalue weighted by atomic mass is 10.1. The van der Waals surface area contributed by atoms with Crippen LogP contribution >= 0.6 is 15.9 Å². The second-order valence-corrected chi connectivity index (χ2v) is 4.86. The molecule has 0 atom stereocenters. The van der Waals surface area contributed by atoms with E-state index in [1.165, 1.54) is 26.2 Å². The Morgan fingerprint density at radius 2 is 2.05 bits per heavy atom. The van der Waals surface area contributed by atoms with Gasteiger partial charge in [-0.2, -0.15) is 5.26 Å². The maximum absolute atomic E-state index is 11.5. The third-order valence-corrected chi connectivity index (χ3v) is 3.13. The van der Waals surface area contributed by atoms with Gasteiger partial charge in [-0.15, -0.1) is 0 Å². The summed E-state index contributed by atoms with van der Waals surface area (Å²) in [5.41, 5.74) is 0.354. The summed E-state index contributed by atoms with van der Waals surface area (Å²) in [5.74, 6) is -0.649. The third-order valence-electron chi connectivity index (χ3n) is 2.44. The van der Waals surface area contributed by atoms with Crippen molar-refractivity contribution in [3.8, 4) is 17.6 Å². The largest absolute Gasteiger partial charge is 0.490 e. The first-order valence-electron chi connectivity index (χ1n) is 6.27. The summed E-state index contributed by atoms with van der Waals surface area (Å²) >= 11 is 3.30. The first kappa shape index (κ1) is 17.7. The van der Waals surface area contributed by atoms with Crippen molar-refractivity contribution in [3.63, 3.8) is 0 Å². The molecule has 0 radical (unpaired) electrons. The fourth-order valence-electron chi connectivity index (χ4n) is 1.57. The first-order chi connectivity index (χ1) is 10.4. The molecule has 0 N–H and O–H groups in total. The van der Waals surface area contributed by atoms with E-state index < -0.39 is 11.9 Å². The average molecular weight is 368 g/mol. The molecule has 0 spiro atoms. The van der Waals surface area contributed by atoms with Gasteiger partial charge in [0.1, 0.15) is 11.6 Å². The van der Waals surface area contributed by atoms with Crippen LogP contribution in [0, 0.1) is 11.3 Å². The molecule has 6 nitrogen and oxygen atoms in total. The number of rotatable bonds is 5. The second-order valence-electron chi connectivity index (χ2n) is 4.01. The van der Waals surface area contributed by atoms with E-state index in [0.29, 0.717) is 22.4 Å². The Balaban J connectivity index is 3.35. The fourth-order valence-corrected chi connectivity index (χ4v) is 2.00. The summed E-state index contributed by atoms with van der Waals surface area (Å²) in [6.45, 7) is 3.42. The predicted molar refractivity (Wildman–Crippen MR) is 82.2 cm³/mol. The third kappa shape index (κ3) is 4.60. The van der Waals surface area contributed by atoms with Crippen molar-refractivity contribution >= 4 is 33.9 Å². The number of carbonyl (C=O) groups is 2. The Morgan fingerprint density at radius 1 is 1.36 bits per heavy atom. The van der Waals surface area contributed by atoms with Crippen LogP contribution in [0.5, 0.6) is 11.5 Å².